The predicted molar refractivity (Wildman–Crippen MR) is 33.7 cm³/mol. The predicted octanol–water partition coefficient (Wildman–Crippen LogP) is -0.608. The number of ketones is 1. The van der Waals surface area contributed by atoms with Gasteiger partial charge in [-0.2, -0.15) is 0 Å². The number of rotatable bonds is 3. The second-order valence-corrected chi connectivity index (χ2v) is 2.42. The molecule has 0 aromatic carbocycles. The Kier molecular flexibility index (Phi) is 2.01. The van der Waals surface area contributed by atoms with Crippen molar-refractivity contribution in [1.82, 2.24) is 5.32 Å². The molecule has 1 fully saturated rings. The molecule has 1 saturated carbocycles. The number of carbonyl (C=O) groups is 2. The Hall–Kier alpha value is -0.900. The highest BCUT2D eigenvalue weighted by Gasteiger charge is 2.25. The van der Waals surface area contributed by atoms with E-state index in [0.29, 0.717) is 12.8 Å². The SMILES string of the molecule is O=C(O)CNC1CC(=O)C1. The smallest absolute Gasteiger partial charge is 0.317 e. The molecule has 56 valence electrons. The van der Waals surface area contributed by atoms with Crippen LogP contribution in [0.1, 0.15) is 12.8 Å². The van der Waals surface area contributed by atoms with Crippen LogP contribution >= 0.6 is 0 Å². The van der Waals surface area contributed by atoms with Crippen LogP contribution in [0.3, 0.4) is 0 Å². The molecule has 0 aromatic heterocycles. The van der Waals surface area contributed by atoms with Crippen molar-refractivity contribution in [2.75, 3.05) is 6.54 Å². The Balaban J connectivity index is 2.05. The molecule has 0 aliphatic heterocycles. The van der Waals surface area contributed by atoms with Crippen molar-refractivity contribution >= 4 is 11.8 Å². The normalized spacial score (nSPS) is 18.6. The van der Waals surface area contributed by atoms with Crippen molar-refractivity contribution < 1.29 is 14.7 Å². The third-order valence-electron chi connectivity index (χ3n) is 1.49. The van der Waals surface area contributed by atoms with Crippen LogP contribution < -0.4 is 5.32 Å². The van der Waals surface area contributed by atoms with Crippen LogP contribution in [0.4, 0.5) is 0 Å². The average Bonchev–Trinajstić information content (AvgIpc) is 1.77. The first kappa shape index (κ1) is 7.21. The summed E-state index contributed by atoms with van der Waals surface area (Å²) in [6.45, 7) is -0.0437. The first-order valence-corrected chi connectivity index (χ1v) is 3.15. The van der Waals surface area contributed by atoms with Gasteiger partial charge in [0.25, 0.3) is 0 Å². The fraction of sp³-hybridized carbons (Fsp3) is 0.667. The maximum Gasteiger partial charge on any atom is 0.317 e. The van der Waals surface area contributed by atoms with Crippen LogP contribution in [0.25, 0.3) is 0 Å². The molecule has 4 nitrogen and oxygen atoms in total. The van der Waals surface area contributed by atoms with Gasteiger partial charge >= 0.3 is 5.97 Å². The van der Waals surface area contributed by atoms with Crippen LogP contribution in [0.15, 0.2) is 0 Å². The number of hydrogen-bond acceptors (Lipinski definition) is 3. The maximum atomic E-state index is 10.4. The third kappa shape index (κ3) is 1.80. The van der Waals surface area contributed by atoms with Gasteiger partial charge in [0.1, 0.15) is 5.78 Å². The quantitative estimate of drug-likeness (QED) is 0.553. The lowest BCUT2D eigenvalue weighted by Crippen LogP contribution is -2.43. The van der Waals surface area contributed by atoms with Gasteiger partial charge in [-0.1, -0.05) is 0 Å². The Morgan fingerprint density at radius 1 is 1.70 bits per heavy atom. The summed E-state index contributed by atoms with van der Waals surface area (Å²) >= 11 is 0. The van der Waals surface area contributed by atoms with E-state index >= 15 is 0 Å². The van der Waals surface area contributed by atoms with E-state index in [1.54, 1.807) is 0 Å². The minimum absolute atomic E-state index is 0.0437. The van der Waals surface area contributed by atoms with Gasteiger partial charge < -0.3 is 10.4 Å². The minimum atomic E-state index is -0.876. The largest absolute Gasteiger partial charge is 0.480 e. The molecule has 0 aromatic rings. The summed E-state index contributed by atoms with van der Waals surface area (Å²) in [5.74, 6) is -0.665. The van der Waals surface area contributed by atoms with E-state index in [9.17, 15) is 9.59 Å². The zero-order valence-electron chi connectivity index (χ0n) is 5.46. The highest BCUT2D eigenvalue weighted by atomic mass is 16.4. The lowest BCUT2D eigenvalue weighted by atomic mass is 9.91. The third-order valence-corrected chi connectivity index (χ3v) is 1.49. The van der Waals surface area contributed by atoms with Crippen LogP contribution in [-0.4, -0.2) is 29.4 Å². The highest BCUT2D eigenvalue weighted by Crippen LogP contribution is 2.13. The zero-order chi connectivity index (χ0) is 7.56. The Morgan fingerprint density at radius 3 is 2.70 bits per heavy atom. The van der Waals surface area contributed by atoms with Gasteiger partial charge in [0.05, 0.1) is 6.54 Å². The molecule has 0 unspecified atom stereocenters. The molecule has 0 radical (unpaired) electrons. The van der Waals surface area contributed by atoms with E-state index in [1.807, 2.05) is 0 Å². The van der Waals surface area contributed by atoms with E-state index in [-0.39, 0.29) is 18.4 Å². The number of hydrogen-bond donors (Lipinski definition) is 2. The first-order valence-electron chi connectivity index (χ1n) is 3.15. The molecule has 0 spiro atoms. The topological polar surface area (TPSA) is 66.4 Å². The number of carboxylic acid groups (broad SMARTS) is 1. The second kappa shape index (κ2) is 2.79. The van der Waals surface area contributed by atoms with E-state index in [2.05, 4.69) is 5.32 Å². The summed E-state index contributed by atoms with van der Waals surface area (Å²) in [7, 11) is 0. The van der Waals surface area contributed by atoms with E-state index in [4.69, 9.17) is 5.11 Å². The Labute approximate surface area is 58.2 Å². The number of Topliss-reactive ketones (excluding diaryl/α,β-unsaturated/α-hetero) is 1. The van der Waals surface area contributed by atoms with Gasteiger partial charge in [0.15, 0.2) is 0 Å². The molecule has 4 heteroatoms. The number of nitrogens with one attached hydrogen (secondary N) is 1. The lowest BCUT2D eigenvalue weighted by molar-refractivity contribution is -0.137. The van der Waals surface area contributed by atoms with Crippen molar-refractivity contribution in [3.63, 3.8) is 0 Å². The number of carboxylic acids is 1. The van der Waals surface area contributed by atoms with Gasteiger partial charge in [-0.25, -0.2) is 0 Å². The van der Waals surface area contributed by atoms with Crippen LogP contribution in [0, 0.1) is 0 Å². The van der Waals surface area contributed by atoms with Crippen molar-refractivity contribution in [2.45, 2.75) is 18.9 Å². The van der Waals surface area contributed by atoms with Crippen LogP contribution in [0.2, 0.25) is 0 Å². The fourth-order valence-electron chi connectivity index (χ4n) is 0.866. The first-order chi connectivity index (χ1) is 4.68. The van der Waals surface area contributed by atoms with Crippen molar-refractivity contribution in [2.24, 2.45) is 0 Å². The molecule has 0 atom stereocenters. The van der Waals surface area contributed by atoms with E-state index in [1.165, 1.54) is 0 Å². The van der Waals surface area contributed by atoms with E-state index < -0.39 is 5.97 Å². The maximum absolute atomic E-state index is 10.4. The summed E-state index contributed by atoms with van der Waals surface area (Å²) in [6.07, 6.45) is 0.987. The summed E-state index contributed by atoms with van der Waals surface area (Å²) in [6, 6.07) is 0.114. The zero-order valence-corrected chi connectivity index (χ0v) is 5.46. The number of carbonyl (C=O) groups excluding carboxylic acids is 1. The minimum Gasteiger partial charge on any atom is -0.480 e. The van der Waals surface area contributed by atoms with E-state index in [0.717, 1.165) is 0 Å². The molecule has 0 amide bonds. The van der Waals surface area contributed by atoms with Crippen molar-refractivity contribution in [1.29, 1.82) is 0 Å². The molecule has 1 rings (SSSR count). The van der Waals surface area contributed by atoms with Gasteiger partial charge in [-0.15, -0.1) is 0 Å². The van der Waals surface area contributed by atoms with Crippen LogP contribution in [0.5, 0.6) is 0 Å². The standard InChI is InChI=1S/C6H9NO3/c8-5-1-4(2-5)7-3-6(9)10/h4,7H,1-3H2,(H,9,10). The Bertz CT molecular complexity index is 158. The average molecular weight is 143 g/mol. The molecule has 2 N–H and O–H groups in total. The molecule has 1 aliphatic carbocycles. The van der Waals surface area contributed by atoms with Gasteiger partial charge in [-0.05, 0) is 0 Å². The van der Waals surface area contributed by atoms with Crippen LogP contribution in [-0.2, 0) is 9.59 Å². The monoisotopic (exact) mass is 143 g/mol. The molecular weight excluding hydrogens is 134 g/mol. The van der Waals surface area contributed by atoms with Crippen molar-refractivity contribution in [3.8, 4) is 0 Å². The summed E-state index contributed by atoms with van der Waals surface area (Å²) in [5, 5.41) is 10.9. The number of aliphatic carboxylic acids is 1. The lowest BCUT2D eigenvalue weighted by Gasteiger charge is -2.24. The van der Waals surface area contributed by atoms with Gasteiger partial charge in [-0.3, -0.25) is 9.59 Å². The molecule has 0 heterocycles. The molecule has 10 heavy (non-hydrogen) atoms. The summed E-state index contributed by atoms with van der Waals surface area (Å²) in [4.78, 5) is 20.3. The second-order valence-electron chi connectivity index (χ2n) is 2.42. The Morgan fingerprint density at radius 2 is 2.30 bits per heavy atom. The van der Waals surface area contributed by atoms with Gasteiger partial charge in [0.2, 0.25) is 0 Å². The summed E-state index contributed by atoms with van der Waals surface area (Å²) < 4.78 is 0. The summed E-state index contributed by atoms with van der Waals surface area (Å²) in [5.41, 5.74) is 0. The molecule has 0 bridgehead atoms. The molecule has 1 aliphatic rings. The molecule has 0 saturated heterocycles. The molecular formula is C6H9NO3. The van der Waals surface area contributed by atoms with Gasteiger partial charge in [0, 0.05) is 18.9 Å². The fourth-order valence-corrected chi connectivity index (χ4v) is 0.866. The van der Waals surface area contributed by atoms with Crippen molar-refractivity contribution in [3.05, 3.63) is 0 Å². The highest BCUT2D eigenvalue weighted by molar-refractivity contribution is 5.85.